The van der Waals surface area contributed by atoms with Gasteiger partial charge in [-0.15, -0.1) is 11.3 Å². The number of benzene rings is 1. The number of phenolic OH excluding ortho intramolecular Hbond substituents is 1. The highest BCUT2D eigenvalue weighted by Gasteiger charge is 2.08. The average Bonchev–Trinajstić information content (AvgIpc) is 2.58. The summed E-state index contributed by atoms with van der Waals surface area (Å²) in [7, 11) is 3.42. The zero-order valence-electron chi connectivity index (χ0n) is 8.57. The van der Waals surface area contributed by atoms with Crippen LogP contribution in [-0.4, -0.2) is 24.2 Å². The molecule has 2 rings (SSSR count). The number of phenols is 1. The first-order valence-corrected chi connectivity index (χ1v) is 5.37. The number of ether oxygens (including phenoxy) is 1. The van der Waals surface area contributed by atoms with Crippen LogP contribution in [0.1, 0.15) is 5.01 Å². The summed E-state index contributed by atoms with van der Waals surface area (Å²) in [5, 5.41) is 13.6. The minimum absolute atomic E-state index is 0.131. The van der Waals surface area contributed by atoms with E-state index < -0.39 is 0 Å². The second kappa shape index (κ2) is 4.04. The van der Waals surface area contributed by atoms with Gasteiger partial charge in [-0.2, -0.15) is 0 Å². The summed E-state index contributed by atoms with van der Waals surface area (Å²) < 4.78 is 6.06. The van der Waals surface area contributed by atoms with Crippen LogP contribution in [0.3, 0.4) is 0 Å². The van der Waals surface area contributed by atoms with Crippen molar-refractivity contribution in [1.29, 1.82) is 0 Å². The van der Waals surface area contributed by atoms with E-state index in [2.05, 4.69) is 10.3 Å². The minimum Gasteiger partial charge on any atom is -0.504 e. The molecule has 1 heterocycles. The van der Waals surface area contributed by atoms with Gasteiger partial charge in [-0.05, 0) is 7.05 Å². The van der Waals surface area contributed by atoms with Crippen LogP contribution in [0.5, 0.6) is 11.5 Å². The number of nitrogens with zero attached hydrogens (tertiary/aromatic N) is 1. The molecule has 0 saturated heterocycles. The normalized spacial score (nSPS) is 10.8. The van der Waals surface area contributed by atoms with Crippen LogP contribution in [-0.2, 0) is 6.54 Å². The molecule has 5 heteroatoms. The van der Waals surface area contributed by atoms with Crippen LogP contribution in [0.4, 0.5) is 0 Å². The van der Waals surface area contributed by atoms with Gasteiger partial charge in [0.15, 0.2) is 11.5 Å². The zero-order valence-corrected chi connectivity index (χ0v) is 9.39. The number of methoxy groups -OCH3 is 1. The first kappa shape index (κ1) is 10.2. The molecule has 0 atom stereocenters. The largest absolute Gasteiger partial charge is 0.504 e. The number of nitrogens with one attached hydrogen (secondary N) is 1. The third-order valence-corrected chi connectivity index (χ3v) is 3.08. The Bertz CT molecular complexity index is 481. The highest BCUT2D eigenvalue weighted by Crippen LogP contribution is 2.33. The number of hydrogen-bond donors (Lipinski definition) is 2. The molecular weight excluding hydrogens is 212 g/mol. The summed E-state index contributed by atoms with van der Waals surface area (Å²) in [4.78, 5) is 4.38. The van der Waals surface area contributed by atoms with Gasteiger partial charge in [0, 0.05) is 18.7 Å². The van der Waals surface area contributed by atoms with Crippen molar-refractivity contribution in [3.05, 3.63) is 17.1 Å². The molecule has 0 fully saturated rings. The molecule has 80 valence electrons. The van der Waals surface area contributed by atoms with Crippen LogP contribution in [0.2, 0.25) is 0 Å². The lowest BCUT2D eigenvalue weighted by Gasteiger charge is -2.01. The molecule has 0 aliphatic carbocycles. The second-order valence-corrected chi connectivity index (χ2v) is 4.24. The topological polar surface area (TPSA) is 54.4 Å². The maximum Gasteiger partial charge on any atom is 0.162 e. The van der Waals surface area contributed by atoms with E-state index in [0.29, 0.717) is 5.75 Å². The number of aromatic nitrogens is 1. The Morgan fingerprint density at radius 3 is 3.00 bits per heavy atom. The third-order valence-electron chi connectivity index (χ3n) is 2.06. The molecule has 0 aliphatic rings. The third kappa shape index (κ3) is 1.88. The highest BCUT2D eigenvalue weighted by atomic mass is 32.1. The van der Waals surface area contributed by atoms with Gasteiger partial charge in [-0.3, -0.25) is 0 Å². The number of hydrogen-bond acceptors (Lipinski definition) is 5. The van der Waals surface area contributed by atoms with Crippen molar-refractivity contribution < 1.29 is 9.84 Å². The number of thiazole rings is 1. The molecule has 0 aliphatic heterocycles. The molecule has 0 spiro atoms. The Hall–Kier alpha value is -1.33. The molecule has 1 aromatic carbocycles. The predicted molar refractivity (Wildman–Crippen MR) is 60.6 cm³/mol. The zero-order chi connectivity index (χ0) is 10.8. The lowest BCUT2D eigenvalue weighted by atomic mass is 10.3. The fraction of sp³-hybridized carbons (Fsp3) is 0.300. The van der Waals surface area contributed by atoms with E-state index in [4.69, 9.17) is 4.74 Å². The molecule has 0 bridgehead atoms. The van der Waals surface area contributed by atoms with Crippen molar-refractivity contribution in [3.63, 3.8) is 0 Å². The van der Waals surface area contributed by atoms with Gasteiger partial charge in [0.05, 0.1) is 17.3 Å². The quantitative estimate of drug-likeness (QED) is 0.833. The maximum absolute atomic E-state index is 9.57. The Morgan fingerprint density at radius 1 is 1.53 bits per heavy atom. The van der Waals surface area contributed by atoms with Crippen LogP contribution in [0.25, 0.3) is 10.2 Å². The summed E-state index contributed by atoms with van der Waals surface area (Å²) in [6.45, 7) is 0.739. The minimum atomic E-state index is 0.131. The molecule has 0 saturated carbocycles. The Balaban J connectivity index is 2.51. The highest BCUT2D eigenvalue weighted by molar-refractivity contribution is 7.18. The van der Waals surface area contributed by atoms with Crippen LogP contribution < -0.4 is 10.1 Å². The van der Waals surface area contributed by atoms with E-state index in [-0.39, 0.29) is 5.75 Å². The molecule has 4 nitrogen and oxygen atoms in total. The molecule has 0 unspecified atom stereocenters. The van der Waals surface area contributed by atoms with Crippen molar-refractivity contribution in [1.82, 2.24) is 10.3 Å². The number of aromatic hydroxyl groups is 1. The van der Waals surface area contributed by atoms with Crippen LogP contribution in [0.15, 0.2) is 12.1 Å². The number of rotatable bonds is 3. The SMILES string of the molecule is CNCc1nc2cc(O)c(OC)cc2s1. The van der Waals surface area contributed by atoms with Crippen molar-refractivity contribution >= 4 is 21.6 Å². The lowest BCUT2D eigenvalue weighted by Crippen LogP contribution is -2.03. The van der Waals surface area contributed by atoms with E-state index in [9.17, 15) is 5.11 Å². The van der Waals surface area contributed by atoms with Gasteiger partial charge in [0.2, 0.25) is 0 Å². The summed E-state index contributed by atoms with van der Waals surface area (Å²) in [6, 6.07) is 3.44. The van der Waals surface area contributed by atoms with Crippen molar-refractivity contribution in [2.24, 2.45) is 0 Å². The maximum atomic E-state index is 9.57. The second-order valence-electron chi connectivity index (χ2n) is 3.13. The van der Waals surface area contributed by atoms with Gasteiger partial charge in [-0.1, -0.05) is 0 Å². The smallest absolute Gasteiger partial charge is 0.162 e. The van der Waals surface area contributed by atoms with Crippen molar-refractivity contribution in [3.8, 4) is 11.5 Å². The molecule has 0 amide bonds. The van der Waals surface area contributed by atoms with Crippen LogP contribution in [0, 0.1) is 0 Å². The van der Waals surface area contributed by atoms with Crippen LogP contribution >= 0.6 is 11.3 Å². The van der Waals surface area contributed by atoms with E-state index >= 15 is 0 Å². The van der Waals surface area contributed by atoms with Crippen molar-refractivity contribution in [2.45, 2.75) is 6.54 Å². The first-order valence-electron chi connectivity index (χ1n) is 4.55. The molecule has 2 aromatic rings. The Labute approximate surface area is 91.5 Å². The van der Waals surface area contributed by atoms with Gasteiger partial charge < -0.3 is 15.2 Å². The molecule has 1 aromatic heterocycles. The van der Waals surface area contributed by atoms with E-state index in [1.807, 2.05) is 13.1 Å². The van der Waals surface area contributed by atoms with Gasteiger partial charge >= 0.3 is 0 Å². The predicted octanol–water partition coefficient (Wildman–Crippen LogP) is 1.73. The molecule has 0 radical (unpaired) electrons. The Kier molecular flexibility index (Phi) is 2.75. The summed E-state index contributed by atoms with van der Waals surface area (Å²) in [5.41, 5.74) is 0.809. The summed E-state index contributed by atoms with van der Waals surface area (Å²) in [6.07, 6.45) is 0. The van der Waals surface area contributed by atoms with E-state index in [1.54, 1.807) is 17.4 Å². The Morgan fingerprint density at radius 2 is 2.33 bits per heavy atom. The van der Waals surface area contributed by atoms with Crippen molar-refractivity contribution in [2.75, 3.05) is 14.2 Å². The van der Waals surface area contributed by atoms with Gasteiger partial charge in [-0.25, -0.2) is 4.98 Å². The monoisotopic (exact) mass is 224 g/mol. The molecule has 15 heavy (non-hydrogen) atoms. The van der Waals surface area contributed by atoms with Gasteiger partial charge in [0.25, 0.3) is 0 Å². The summed E-state index contributed by atoms with van der Waals surface area (Å²) >= 11 is 1.60. The molecule has 2 N–H and O–H groups in total. The lowest BCUT2D eigenvalue weighted by molar-refractivity contribution is 0.374. The standard InChI is InChI=1S/C10H12N2O2S/c1-11-5-10-12-6-3-7(13)8(14-2)4-9(6)15-10/h3-4,11,13H,5H2,1-2H3. The fourth-order valence-corrected chi connectivity index (χ4v) is 2.37. The fourth-order valence-electron chi connectivity index (χ4n) is 1.38. The summed E-state index contributed by atoms with van der Waals surface area (Å²) in [5.74, 6) is 0.619. The molecular formula is C10H12N2O2S. The average molecular weight is 224 g/mol. The van der Waals surface area contributed by atoms with Gasteiger partial charge in [0.1, 0.15) is 5.01 Å². The first-order chi connectivity index (χ1) is 7.24. The van der Waals surface area contributed by atoms with E-state index in [0.717, 1.165) is 21.8 Å². The number of fused-ring (bicyclic) bond motifs is 1. The van der Waals surface area contributed by atoms with E-state index in [1.165, 1.54) is 7.11 Å².